The second kappa shape index (κ2) is 3.41. The van der Waals surface area contributed by atoms with E-state index in [4.69, 9.17) is 5.90 Å². The molecule has 0 aromatic carbocycles. The van der Waals surface area contributed by atoms with Gasteiger partial charge < -0.3 is 0 Å². The standard InChI is InChI=1S/C7H9FN2O/c1-5(11-9)6-2-7(8)4-10-3-6/h2-5H,9H2,1H3. The Kier molecular flexibility index (Phi) is 2.51. The van der Waals surface area contributed by atoms with Crippen molar-refractivity contribution >= 4 is 0 Å². The first-order chi connectivity index (χ1) is 5.24. The molecule has 0 spiro atoms. The average molecular weight is 156 g/mol. The van der Waals surface area contributed by atoms with Crippen molar-refractivity contribution in [3.8, 4) is 0 Å². The molecule has 0 saturated heterocycles. The minimum atomic E-state index is -0.383. The van der Waals surface area contributed by atoms with Crippen LogP contribution in [-0.2, 0) is 4.84 Å². The highest BCUT2D eigenvalue weighted by Crippen LogP contribution is 2.13. The Balaban J connectivity index is 2.86. The third kappa shape index (κ3) is 1.96. The summed E-state index contributed by atoms with van der Waals surface area (Å²) >= 11 is 0. The zero-order valence-corrected chi connectivity index (χ0v) is 6.12. The lowest BCUT2D eigenvalue weighted by molar-refractivity contribution is 0.0659. The molecule has 1 aromatic rings. The van der Waals surface area contributed by atoms with Crippen LogP contribution in [0.15, 0.2) is 18.5 Å². The first-order valence-electron chi connectivity index (χ1n) is 3.20. The summed E-state index contributed by atoms with van der Waals surface area (Å²) in [5.41, 5.74) is 0.632. The Morgan fingerprint density at radius 1 is 1.64 bits per heavy atom. The highest BCUT2D eigenvalue weighted by atomic mass is 19.1. The van der Waals surface area contributed by atoms with Crippen LogP contribution in [0.25, 0.3) is 0 Å². The minimum absolute atomic E-state index is 0.321. The Labute approximate surface area is 64.0 Å². The number of rotatable bonds is 2. The van der Waals surface area contributed by atoms with Crippen LogP contribution in [0.5, 0.6) is 0 Å². The molecule has 1 atom stereocenters. The van der Waals surface area contributed by atoms with E-state index in [0.29, 0.717) is 5.56 Å². The quantitative estimate of drug-likeness (QED) is 0.654. The van der Waals surface area contributed by atoms with Crippen LogP contribution in [0.1, 0.15) is 18.6 Å². The number of halogens is 1. The maximum Gasteiger partial charge on any atom is 0.141 e. The van der Waals surface area contributed by atoms with Crippen LogP contribution in [0.3, 0.4) is 0 Å². The zero-order valence-electron chi connectivity index (χ0n) is 6.12. The maximum atomic E-state index is 12.5. The van der Waals surface area contributed by atoms with Crippen molar-refractivity contribution in [3.05, 3.63) is 29.8 Å². The fourth-order valence-corrected chi connectivity index (χ4v) is 0.729. The molecule has 0 bridgehead atoms. The molecule has 0 aliphatic carbocycles. The van der Waals surface area contributed by atoms with E-state index in [9.17, 15) is 4.39 Å². The summed E-state index contributed by atoms with van der Waals surface area (Å²) in [6, 6.07) is 1.34. The smallest absolute Gasteiger partial charge is 0.141 e. The van der Waals surface area contributed by atoms with Gasteiger partial charge in [-0.1, -0.05) is 0 Å². The van der Waals surface area contributed by atoms with Crippen molar-refractivity contribution in [1.29, 1.82) is 0 Å². The maximum absolute atomic E-state index is 12.5. The molecular weight excluding hydrogens is 147 g/mol. The van der Waals surface area contributed by atoms with E-state index in [1.54, 1.807) is 6.92 Å². The minimum Gasteiger partial charge on any atom is -0.297 e. The van der Waals surface area contributed by atoms with E-state index in [-0.39, 0.29) is 11.9 Å². The van der Waals surface area contributed by atoms with E-state index < -0.39 is 0 Å². The molecular formula is C7H9FN2O. The largest absolute Gasteiger partial charge is 0.297 e. The van der Waals surface area contributed by atoms with Crippen molar-refractivity contribution < 1.29 is 9.23 Å². The molecule has 1 aromatic heterocycles. The molecule has 60 valence electrons. The molecule has 0 aliphatic rings. The molecule has 0 amide bonds. The monoisotopic (exact) mass is 156 g/mol. The van der Waals surface area contributed by atoms with E-state index in [0.717, 1.165) is 6.20 Å². The number of pyridine rings is 1. The van der Waals surface area contributed by atoms with Crippen molar-refractivity contribution in [2.24, 2.45) is 5.90 Å². The summed E-state index contributed by atoms with van der Waals surface area (Å²) in [5, 5.41) is 0. The topological polar surface area (TPSA) is 48.1 Å². The molecule has 0 saturated carbocycles. The van der Waals surface area contributed by atoms with E-state index in [1.165, 1.54) is 12.3 Å². The highest BCUT2D eigenvalue weighted by molar-refractivity contribution is 5.12. The van der Waals surface area contributed by atoms with Crippen molar-refractivity contribution in [2.75, 3.05) is 0 Å². The van der Waals surface area contributed by atoms with E-state index in [2.05, 4.69) is 9.82 Å². The molecule has 3 nitrogen and oxygen atoms in total. The third-order valence-corrected chi connectivity index (χ3v) is 1.40. The van der Waals surface area contributed by atoms with Crippen molar-refractivity contribution in [3.63, 3.8) is 0 Å². The van der Waals surface area contributed by atoms with Crippen LogP contribution in [-0.4, -0.2) is 4.98 Å². The number of nitrogens with two attached hydrogens (primary N) is 1. The Bertz CT molecular complexity index is 242. The van der Waals surface area contributed by atoms with Gasteiger partial charge in [0.2, 0.25) is 0 Å². The lowest BCUT2D eigenvalue weighted by Crippen LogP contribution is -2.05. The summed E-state index contributed by atoms with van der Waals surface area (Å²) < 4.78 is 12.5. The predicted octanol–water partition coefficient (Wildman–Crippen LogP) is 1.17. The molecule has 1 rings (SSSR count). The molecule has 11 heavy (non-hydrogen) atoms. The van der Waals surface area contributed by atoms with Crippen LogP contribution in [0.4, 0.5) is 4.39 Å². The molecule has 0 aliphatic heterocycles. The normalized spacial score (nSPS) is 13.0. The molecule has 0 fully saturated rings. The first kappa shape index (κ1) is 8.10. The molecule has 0 radical (unpaired) electrons. The van der Waals surface area contributed by atoms with Crippen LogP contribution in [0, 0.1) is 5.82 Å². The number of aromatic nitrogens is 1. The molecule has 2 N–H and O–H groups in total. The van der Waals surface area contributed by atoms with E-state index >= 15 is 0 Å². The molecule has 1 unspecified atom stereocenters. The van der Waals surface area contributed by atoms with Gasteiger partial charge in [0.05, 0.1) is 6.20 Å². The van der Waals surface area contributed by atoms with Crippen LogP contribution < -0.4 is 5.90 Å². The second-order valence-corrected chi connectivity index (χ2v) is 2.21. The van der Waals surface area contributed by atoms with Gasteiger partial charge in [0.1, 0.15) is 11.9 Å². The zero-order chi connectivity index (χ0) is 8.27. The molecule has 1 heterocycles. The summed E-state index contributed by atoms with van der Waals surface area (Å²) in [4.78, 5) is 8.13. The van der Waals surface area contributed by atoms with Crippen LogP contribution >= 0.6 is 0 Å². The summed E-state index contributed by atoms with van der Waals surface area (Å²) in [7, 11) is 0. The Morgan fingerprint density at radius 2 is 2.36 bits per heavy atom. The number of hydrogen-bond acceptors (Lipinski definition) is 3. The van der Waals surface area contributed by atoms with Gasteiger partial charge in [-0.15, -0.1) is 0 Å². The SMILES string of the molecule is CC(ON)c1cncc(F)c1. The first-order valence-corrected chi connectivity index (χ1v) is 3.20. The predicted molar refractivity (Wildman–Crippen MR) is 37.9 cm³/mol. The number of hydrogen-bond donors (Lipinski definition) is 1. The summed E-state index contributed by atoms with van der Waals surface area (Å²) in [6.07, 6.45) is 2.33. The highest BCUT2D eigenvalue weighted by Gasteiger charge is 2.04. The second-order valence-electron chi connectivity index (χ2n) is 2.21. The lowest BCUT2D eigenvalue weighted by atomic mass is 10.2. The van der Waals surface area contributed by atoms with Gasteiger partial charge in [-0.05, 0) is 13.0 Å². The van der Waals surface area contributed by atoms with Gasteiger partial charge in [0, 0.05) is 11.8 Å². The van der Waals surface area contributed by atoms with Gasteiger partial charge >= 0.3 is 0 Å². The third-order valence-electron chi connectivity index (χ3n) is 1.40. The summed E-state index contributed by atoms with van der Waals surface area (Å²) in [5.74, 6) is 4.52. The molecule has 4 heteroatoms. The van der Waals surface area contributed by atoms with Crippen molar-refractivity contribution in [1.82, 2.24) is 4.98 Å². The van der Waals surface area contributed by atoms with Crippen molar-refractivity contribution in [2.45, 2.75) is 13.0 Å². The fourth-order valence-electron chi connectivity index (χ4n) is 0.729. The van der Waals surface area contributed by atoms with Gasteiger partial charge in [-0.2, -0.15) is 0 Å². The van der Waals surface area contributed by atoms with Gasteiger partial charge in [-0.25, -0.2) is 10.3 Å². The summed E-state index contributed by atoms with van der Waals surface area (Å²) in [6.45, 7) is 1.72. The Morgan fingerprint density at radius 3 is 2.91 bits per heavy atom. The van der Waals surface area contributed by atoms with Crippen LogP contribution in [0.2, 0.25) is 0 Å². The number of nitrogens with zero attached hydrogens (tertiary/aromatic N) is 1. The average Bonchev–Trinajstić information content (AvgIpc) is 2.03. The lowest BCUT2D eigenvalue weighted by Gasteiger charge is -2.06. The van der Waals surface area contributed by atoms with Gasteiger partial charge in [0.15, 0.2) is 0 Å². The van der Waals surface area contributed by atoms with E-state index in [1.807, 2.05) is 0 Å². The Hall–Kier alpha value is -1.00. The van der Waals surface area contributed by atoms with Gasteiger partial charge in [0.25, 0.3) is 0 Å². The fraction of sp³-hybridized carbons (Fsp3) is 0.286. The van der Waals surface area contributed by atoms with Gasteiger partial charge in [-0.3, -0.25) is 9.82 Å².